The standard InChI is InChI=1S/C29H26ClN5O4S/c1-38-17-25(36)32-21-13-12-18(16-20(21)30)35-27(26(33-29(35)40)22-9-5-6-14-31-22)24-11-7-15-34(24)23-10-4-3-8-19(23)28(37)39-2/h3-16,26-27H,17H2,1-2H3,(H,32,36)(H,33,40)/t26-,27+/m0/s1. The van der Waals surface area contributed by atoms with Crippen LogP contribution in [0.5, 0.6) is 0 Å². The van der Waals surface area contributed by atoms with E-state index in [0.717, 1.165) is 11.4 Å². The van der Waals surface area contributed by atoms with Crippen LogP contribution < -0.4 is 15.5 Å². The van der Waals surface area contributed by atoms with E-state index < -0.39 is 5.97 Å². The maximum Gasteiger partial charge on any atom is 0.339 e. The second-order valence-electron chi connectivity index (χ2n) is 8.95. The summed E-state index contributed by atoms with van der Waals surface area (Å²) in [5.74, 6) is -0.753. The fourth-order valence-electron chi connectivity index (χ4n) is 4.83. The molecule has 0 unspecified atom stereocenters. The maximum absolute atomic E-state index is 12.6. The Labute approximate surface area is 241 Å². The quantitative estimate of drug-likeness (QED) is 0.222. The fraction of sp³-hybridized carbons (Fsp3) is 0.172. The Morgan fingerprint density at radius 2 is 1.88 bits per heavy atom. The van der Waals surface area contributed by atoms with Crippen molar-refractivity contribution in [2.45, 2.75) is 12.1 Å². The summed E-state index contributed by atoms with van der Waals surface area (Å²) in [5.41, 5.74) is 3.91. The number of pyridine rings is 1. The van der Waals surface area contributed by atoms with E-state index in [1.54, 1.807) is 30.5 Å². The Morgan fingerprint density at radius 1 is 1.07 bits per heavy atom. The van der Waals surface area contributed by atoms with Crippen LogP contribution in [-0.4, -0.2) is 47.4 Å². The Balaban J connectivity index is 1.62. The zero-order valence-corrected chi connectivity index (χ0v) is 23.3. The first-order valence-corrected chi connectivity index (χ1v) is 13.2. The number of hydrogen-bond acceptors (Lipinski definition) is 6. The molecule has 5 rings (SSSR count). The first kappa shape index (κ1) is 27.3. The summed E-state index contributed by atoms with van der Waals surface area (Å²) >= 11 is 12.5. The number of esters is 1. The molecular weight excluding hydrogens is 550 g/mol. The van der Waals surface area contributed by atoms with Gasteiger partial charge in [-0.25, -0.2) is 4.79 Å². The molecule has 0 saturated carbocycles. The number of thiocarbonyl (C=S) groups is 1. The number of nitrogens with zero attached hydrogens (tertiary/aromatic N) is 3. The highest BCUT2D eigenvalue weighted by molar-refractivity contribution is 7.80. The molecule has 0 spiro atoms. The molecule has 2 aromatic heterocycles. The zero-order valence-electron chi connectivity index (χ0n) is 21.7. The highest BCUT2D eigenvalue weighted by atomic mass is 35.5. The van der Waals surface area contributed by atoms with E-state index in [1.165, 1.54) is 14.2 Å². The van der Waals surface area contributed by atoms with Gasteiger partial charge in [-0.15, -0.1) is 0 Å². The number of aromatic nitrogens is 2. The lowest BCUT2D eigenvalue weighted by Gasteiger charge is -2.29. The first-order valence-electron chi connectivity index (χ1n) is 12.4. The molecule has 0 aliphatic carbocycles. The highest BCUT2D eigenvalue weighted by Crippen LogP contribution is 2.43. The number of halogens is 1. The highest BCUT2D eigenvalue weighted by Gasteiger charge is 2.42. The van der Waals surface area contributed by atoms with Gasteiger partial charge in [0.1, 0.15) is 12.6 Å². The van der Waals surface area contributed by atoms with Crippen LogP contribution in [0.4, 0.5) is 11.4 Å². The monoisotopic (exact) mass is 575 g/mol. The summed E-state index contributed by atoms with van der Waals surface area (Å²) < 4.78 is 11.9. The van der Waals surface area contributed by atoms with Crippen molar-refractivity contribution in [1.29, 1.82) is 0 Å². The van der Waals surface area contributed by atoms with Gasteiger partial charge in [-0.1, -0.05) is 29.8 Å². The number of carbonyl (C=O) groups excluding carboxylic acids is 2. The maximum atomic E-state index is 12.6. The minimum Gasteiger partial charge on any atom is -0.465 e. The fourth-order valence-corrected chi connectivity index (χ4v) is 5.39. The second kappa shape index (κ2) is 11.9. The van der Waals surface area contributed by atoms with E-state index >= 15 is 0 Å². The summed E-state index contributed by atoms with van der Waals surface area (Å²) in [6, 6.07) is 21.5. The molecule has 1 fully saturated rings. The minimum absolute atomic E-state index is 0.0872. The van der Waals surface area contributed by atoms with Gasteiger partial charge >= 0.3 is 5.97 Å². The van der Waals surface area contributed by atoms with Crippen molar-refractivity contribution in [3.63, 3.8) is 0 Å². The van der Waals surface area contributed by atoms with Crippen molar-refractivity contribution in [1.82, 2.24) is 14.9 Å². The molecule has 0 bridgehead atoms. The van der Waals surface area contributed by atoms with Crippen molar-refractivity contribution in [2.24, 2.45) is 0 Å². The van der Waals surface area contributed by atoms with Gasteiger partial charge in [0.25, 0.3) is 0 Å². The summed E-state index contributed by atoms with van der Waals surface area (Å²) in [6.07, 6.45) is 3.63. The summed E-state index contributed by atoms with van der Waals surface area (Å²) in [5, 5.41) is 6.99. The van der Waals surface area contributed by atoms with Gasteiger partial charge in [0.05, 0.1) is 40.8 Å². The van der Waals surface area contributed by atoms with Crippen LogP contribution in [0, 0.1) is 0 Å². The molecular formula is C29H26ClN5O4S. The van der Waals surface area contributed by atoms with E-state index in [0.29, 0.717) is 32.8 Å². The number of anilines is 2. The molecule has 3 heterocycles. The smallest absolute Gasteiger partial charge is 0.339 e. The predicted octanol–water partition coefficient (Wildman–Crippen LogP) is 5.07. The number of nitrogens with one attached hydrogen (secondary N) is 2. The lowest BCUT2D eigenvalue weighted by Crippen LogP contribution is -2.30. The van der Waals surface area contributed by atoms with Crippen LogP contribution in [0.3, 0.4) is 0 Å². The predicted molar refractivity (Wildman–Crippen MR) is 157 cm³/mol. The third kappa shape index (κ3) is 5.29. The van der Waals surface area contributed by atoms with Gasteiger partial charge in [0.2, 0.25) is 5.91 Å². The lowest BCUT2D eigenvalue weighted by atomic mass is 10.0. The van der Waals surface area contributed by atoms with Gasteiger partial charge in [0.15, 0.2) is 5.11 Å². The third-order valence-electron chi connectivity index (χ3n) is 6.53. The summed E-state index contributed by atoms with van der Waals surface area (Å²) in [7, 11) is 2.81. The molecule has 1 amide bonds. The number of rotatable bonds is 8. The van der Waals surface area contributed by atoms with Crippen molar-refractivity contribution in [2.75, 3.05) is 31.0 Å². The van der Waals surface area contributed by atoms with Crippen LogP contribution in [0.25, 0.3) is 5.69 Å². The van der Waals surface area contributed by atoms with E-state index in [9.17, 15) is 9.59 Å². The van der Waals surface area contributed by atoms with Crippen LogP contribution in [0.2, 0.25) is 5.02 Å². The van der Waals surface area contributed by atoms with Crippen molar-refractivity contribution >= 4 is 52.2 Å². The van der Waals surface area contributed by atoms with Gasteiger partial charge < -0.3 is 29.6 Å². The number of amides is 1. The Morgan fingerprint density at radius 3 is 2.60 bits per heavy atom. The number of hydrogen-bond donors (Lipinski definition) is 2. The Bertz CT molecular complexity index is 1560. The first-order chi connectivity index (χ1) is 19.4. The summed E-state index contributed by atoms with van der Waals surface area (Å²) in [4.78, 5) is 31.3. The molecule has 40 heavy (non-hydrogen) atoms. The number of methoxy groups -OCH3 is 2. The molecule has 1 aliphatic heterocycles. The van der Waals surface area contributed by atoms with Crippen molar-refractivity contribution < 1.29 is 19.1 Å². The van der Waals surface area contributed by atoms with E-state index in [4.69, 9.17) is 33.3 Å². The molecule has 0 radical (unpaired) electrons. The summed E-state index contributed by atoms with van der Waals surface area (Å²) in [6.45, 7) is -0.0872. The molecule has 4 aromatic rings. The normalized spacial score (nSPS) is 16.5. The van der Waals surface area contributed by atoms with E-state index in [2.05, 4.69) is 15.6 Å². The molecule has 204 valence electrons. The van der Waals surface area contributed by atoms with Crippen LogP contribution in [0.1, 0.15) is 33.8 Å². The number of ether oxygens (including phenoxy) is 2. The minimum atomic E-state index is -0.439. The number of carbonyl (C=O) groups is 2. The van der Waals surface area contributed by atoms with Gasteiger partial charge in [0, 0.05) is 30.9 Å². The van der Waals surface area contributed by atoms with Gasteiger partial charge in [-0.05, 0) is 66.8 Å². The van der Waals surface area contributed by atoms with Crippen LogP contribution >= 0.6 is 23.8 Å². The zero-order chi connectivity index (χ0) is 28.2. The van der Waals surface area contributed by atoms with Crippen LogP contribution in [-0.2, 0) is 14.3 Å². The van der Waals surface area contributed by atoms with E-state index in [-0.39, 0.29) is 24.6 Å². The molecule has 11 heteroatoms. The molecule has 9 nitrogen and oxygen atoms in total. The molecule has 2 N–H and O–H groups in total. The van der Waals surface area contributed by atoms with Crippen molar-refractivity contribution in [3.8, 4) is 5.69 Å². The largest absolute Gasteiger partial charge is 0.465 e. The molecule has 1 aliphatic rings. The molecule has 2 atom stereocenters. The van der Waals surface area contributed by atoms with Crippen LogP contribution in [0.15, 0.2) is 85.2 Å². The van der Waals surface area contributed by atoms with Gasteiger partial charge in [-0.3, -0.25) is 9.78 Å². The van der Waals surface area contributed by atoms with Gasteiger partial charge in [-0.2, -0.15) is 0 Å². The average molecular weight is 576 g/mol. The SMILES string of the molecule is COCC(=O)Nc1ccc(N2C(=S)N[C@@H](c3ccccn3)[C@H]2c2cccn2-c2ccccc2C(=O)OC)cc1Cl. The number of para-hydroxylation sites is 1. The number of benzene rings is 2. The lowest BCUT2D eigenvalue weighted by molar-refractivity contribution is -0.119. The average Bonchev–Trinajstić information content (AvgIpc) is 3.58. The molecule has 1 saturated heterocycles. The van der Waals surface area contributed by atoms with E-state index in [1.807, 2.05) is 64.2 Å². The van der Waals surface area contributed by atoms with Crippen molar-refractivity contribution in [3.05, 3.63) is 107 Å². The third-order valence-corrected chi connectivity index (χ3v) is 7.16. The molecule has 2 aromatic carbocycles. The second-order valence-corrected chi connectivity index (χ2v) is 9.75. The Hall–Kier alpha value is -4.25. The Kier molecular flexibility index (Phi) is 8.11. The topological polar surface area (TPSA) is 97.7 Å².